The van der Waals surface area contributed by atoms with E-state index in [-0.39, 0.29) is 5.91 Å². The number of nitrogens with one attached hydrogen (secondary N) is 1. The number of imidazole rings is 1. The molecular weight excluding hydrogens is 310 g/mol. The largest absolute Gasteiger partial charge is 0.341 e. The third kappa shape index (κ3) is 2.79. The Bertz CT molecular complexity index is 862. The van der Waals surface area contributed by atoms with Crippen molar-refractivity contribution in [2.45, 2.75) is 18.0 Å². The summed E-state index contributed by atoms with van der Waals surface area (Å²) >= 11 is 1.42. The summed E-state index contributed by atoms with van der Waals surface area (Å²) in [5.74, 6) is 0.503. The highest BCUT2D eigenvalue weighted by molar-refractivity contribution is 8.00. The number of rotatable bonds is 3. The minimum absolute atomic E-state index is 0.135. The molecule has 0 bridgehead atoms. The lowest BCUT2D eigenvalue weighted by Crippen LogP contribution is -2.37. The number of thioether (sulfide) groups is 1. The number of nitrogens with zero attached hydrogens (tertiary/aromatic N) is 4. The average molecular weight is 325 g/mol. The van der Waals surface area contributed by atoms with E-state index in [2.05, 4.69) is 38.1 Å². The number of carbonyl (C=O) groups excluding carboxylic acids is 1. The van der Waals surface area contributed by atoms with Crippen LogP contribution in [0.3, 0.4) is 0 Å². The predicted molar refractivity (Wildman–Crippen MR) is 88.0 cm³/mol. The second-order valence-electron chi connectivity index (χ2n) is 5.40. The number of amides is 1. The van der Waals surface area contributed by atoms with Crippen LogP contribution in [0.2, 0.25) is 0 Å². The Morgan fingerprint density at radius 2 is 2.09 bits per heavy atom. The second-order valence-corrected chi connectivity index (χ2v) is 6.37. The molecule has 3 aromatic rings. The van der Waals surface area contributed by atoms with Gasteiger partial charge in [-0.1, -0.05) is 36.0 Å². The van der Waals surface area contributed by atoms with E-state index in [0.717, 1.165) is 23.5 Å². The van der Waals surface area contributed by atoms with Crippen molar-refractivity contribution in [3.05, 3.63) is 48.0 Å². The fourth-order valence-electron chi connectivity index (χ4n) is 2.78. The van der Waals surface area contributed by atoms with E-state index < -0.39 is 0 Å². The molecule has 4 rings (SSSR count). The van der Waals surface area contributed by atoms with Gasteiger partial charge < -0.3 is 9.88 Å². The van der Waals surface area contributed by atoms with Crippen molar-refractivity contribution in [1.82, 2.24) is 24.8 Å². The quantitative estimate of drug-likeness (QED) is 0.589. The Morgan fingerprint density at radius 1 is 1.22 bits per heavy atom. The molecule has 0 atom stereocenters. The Kier molecular flexibility index (Phi) is 3.70. The van der Waals surface area contributed by atoms with Gasteiger partial charge in [0.25, 0.3) is 0 Å². The Balaban J connectivity index is 1.44. The molecule has 0 saturated heterocycles. The maximum absolute atomic E-state index is 12.5. The van der Waals surface area contributed by atoms with Gasteiger partial charge in [0, 0.05) is 13.1 Å². The van der Waals surface area contributed by atoms with E-state index in [1.807, 2.05) is 11.0 Å². The molecule has 1 aliphatic rings. The number of hydrogen-bond donors (Lipinski definition) is 1. The van der Waals surface area contributed by atoms with E-state index in [1.165, 1.54) is 29.2 Å². The first-order chi connectivity index (χ1) is 11.3. The molecule has 23 heavy (non-hydrogen) atoms. The molecule has 6 nitrogen and oxygen atoms in total. The van der Waals surface area contributed by atoms with Gasteiger partial charge in [-0.25, -0.2) is 15.0 Å². The molecule has 7 heteroatoms. The van der Waals surface area contributed by atoms with E-state index >= 15 is 0 Å². The fourth-order valence-corrected chi connectivity index (χ4v) is 3.64. The monoisotopic (exact) mass is 325 g/mol. The highest BCUT2D eigenvalue weighted by Gasteiger charge is 2.20. The molecule has 2 aromatic heterocycles. The van der Waals surface area contributed by atoms with Gasteiger partial charge in [0.1, 0.15) is 16.9 Å². The van der Waals surface area contributed by atoms with E-state index in [1.54, 1.807) is 6.33 Å². The molecule has 0 radical (unpaired) electrons. The van der Waals surface area contributed by atoms with Crippen LogP contribution in [-0.4, -0.2) is 43.0 Å². The molecule has 116 valence electrons. The van der Waals surface area contributed by atoms with Gasteiger partial charge in [-0.3, -0.25) is 4.79 Å². The number of benzene rings is 1. The Labute approximate surface area is 137 Å². The van der Waals surface area contributed by atoms with Gasteiger partial charge in [0.05, 0.1) is 12.1 Å². The molecule has 0 fully saturated rings. The van der Waals surface area contributed by atoms with Crippen molar-refractivity contribution >= 4 is 28.8 Å². The summed E-state index contributed by atoms with van der Waals surface area (Å²) in [5, 5.41) is 0.762. The van der Waals surface area contributed by atoms with Crippen LogP contribution < -0.4 is 0 Å². The van der Waals surface area contributed by atoms with Crippen molar-refractivity contribution in [3.63, 3.8) is 0 Å². The predicted octanol–water partition coefficient (Wildman–Crippen LogP) is 2.03. The van der Waals surface area contributed by atoms with Crippen molar-refractivity contribution in [2.24, 2.45) is 0 Å². The zero-order chi connectivity index (χ0) is 15.6. The highest BCUT2D eigenvalue weighted by Crippen LogP contribution is 2.24. The normalized spacial score (nSPS) is 14.0. The summed E-state index contributed by atoms with van der Waals surface area (Å²) < 4.78 is 0. The Hall–Kier alpha value is -2.41. The van der Waals surface area contributed by atoms with E-state index in [9.17, 15) is 4.79 Å². The van der Waals surface area contributed by atoms with Crippen LogP contribution >= 0.6 is 11.8 Å². The summed E-state index contributed by atoms with van der Waals surface area (Å²) in [5.41, 5.74) is 4.01. The van der Waals surface area contributed by atoms with Crippen molar-refractivity contribution < 1.29 is 4.79 Å². The molecule has 1 amide bonds. The van der Waals surface area contributed by atoms with Gasteiger partial charge in [-0.05, 0) is 17.5 Å². The minimum atomic E-state index is 0.135. The van der Waals surface area contributed by atoms with E-state index in [0.29, 0.717) is 17.9 Å². The van der Waals surface area contributed by atoms with Crippen LogP contribution in [0.5, 0.6) is 0 Å². The fraction of sp³-hybridized carbons (Fsp3) is 0.250. The van der Waals surface area contributed by atoms with Gasteiger partial charge in [0.2, 0.25) is 5.91 Å². The molecule has 3 heterocycles. The third-order valence-corrected chi connectivity index (χ3v) is 4.98. The van der Waals surface area contributed by atoms with Crippen LogP contribution in [0.25, 0.3) is 11.2 Å². The van der Waals surface area contributed by atoms with Crippen LogP contribution in [0, 0.1) is 0 Å². The lowest BCUT2D eigenvalue weighted by atomic mass is 10.00. The van der Waals surface area contributed by atoms with Crippen LogP contribution in [0.15, 0.2) is 41.9 Å². The summed E-state index contributed by atoms with van der Waals surface area (Å²) in [4.78, 5) is 29.9. The van der Waals surface area contributed by atoms with Gasteiger partial charge in [-0.2, -0.15) is 0 Å². The van der Waals surface area contributed by atoms with Crippen molar-refractivity contribution in [3.8, 4) is 0 Å². The summed E-state index contributed by atoms with van der Waals surface area (Å²) in [7, 11) is 0. The molecule has 0 aliphatic carbocycles. The number of aromatic nitrogens is 4. The van der Waals surface area contributed by atoms with Crippen LogP contribution in [-0.2, 0) is 17.8 Å². The number of carbonyl (C=O) groups is 1. The number of hydrogen-bond acceptors (Lipinski definition) is 5. The Morgan fingerprint density at radius 3 is 3.00 bits per heavy atom. The second kappa shape index (κ2) is 6.00. The number of H-pyrrole nitrogens is 1. The maximum atomic E-state index is 12.5. The zero-order valence-electron chi connectivity index (χ0n) is 12.4. The van der Waals surface area contributed by atoms with Gasteiger partial charge in [0.15, 0.2) is 5.65 Å². The molecule has 1 aliphatic heterocycles. The highest BCUT2D eigenvalue weighted by atomic mass is 32.2. The minimum Gasteiger partial charge on any atom is -0.341 e. The number of aromatic amines is 1. The molecular formula is C16H15N5OS. The van der Waals surface area contributed by atoms with Gasteiger partial charge >= 0.3 is 0 Å². The van der Waals surface area contributed by atoms with Crippen LogP contribution in [0.4, 0.5) is 0 Å². The lowest BCUT2D eigenvalue weighted by molar-refractivity contribution is -0.129. The third-order valence-electron chi connectivity index (χ3n) is 4.00. The smallest absolute Gasteiger partial charge is 0.233 e. The first-order valence-corrected chi connectivity index (χ1v) is 8.41. The molecule has 0 unspecified atom stereocenters. The first-order valence-electron chi connectivity index (χ1n) is 7.43. The zero-order valence-corrected chi connectivity index (χ0v) is 13.2. The molecule has 1 aromatic carbocycles. The SMILES string of the molecule is O=C(CSc1ncnc2nc[nH]c12)N1CCc2ccccc2C1. The molecule has 1 N–H and O–H groups in total. The number of fused-ring (bicyclic) bond motifs is 2. The summed E-state index contributed by atoms with van der Waals surface area (Å²) in [6, 6.07) is 8.32. The van der Waals surface area contributed by atoms with Crippen LogP contribution in [0.1, 0.15) is 11.1 Å². The van der Waals surface area contributed by atoms with E-state index in [4.69, 9.17) is 0 Å². The first kappa shape index (κ1) is 14.2. The summed E-state index contributed by atoms with van der Waals surface area (Å²) in [6.45, 7) is 1.47. The van der Waals surface area contributed by atoms with Gasteiger partial charge in [-0.15, -0.1) is 0 Å². The molecule has 0 spiro atoms. The molecule has 0 saturated carbocycles. The van der Waals surface area contributed by atoms with Crippen molar-refractivity contribution in [1.29, 1.82) is 0 Å². The van der Waals surface area contributed by atoms with Crippen molar-refractivity contribution in [2.75, 3.05) is 12.3 Å². The topological polar surface area (TPSA) is 74.8 Å². The standard InChI is InChI=1S/C16H15N5OS/c22-13(21-6-5-11-3-1-2-4-12(11)7-21)8-23-16-14-15(18-9-17-14)19-10-20-16/h1-4,9-10H,5-8H2,(H,17,18,19,20). The lowest BCUT2D eigenvalue weighted by Gasteiger charge is -2.28. The summed E-state index contributed by atoms with van der Waals surface area (Å²) in [6.07, 6.45) is 3.99. The maximum Gasteiger partial charge on any atom is 0.233 e. The average Bonchev–Trinajstić information content (AvgIpc) is 3.08.